The maximum Gasteiger partial charge on any atom is 0.276 e. The monoisotopic (exact) mass is 385 g/mol. The van der Waals surface area contributed by atoms with Gasteiger partial charge in [-0.3, -0.25) is 9.59 Å². The fourth-order valence-electron chi connectivity index (χ4n) is 3.65. The Labute approximate surface area is 170 Å². The Morgan fingerprint density at radius 2 is 1.66 bits per heavy atom. The van der Waals surface area contributed by atoms with Crippen LogP contribution >= 0.6 is 0 Å². The first-order valence-electron chi connectivity index (χ1n) is 9.87. The number of carbonyl (C=O) groups is 2. The highest BCUT2D eigenvalue weighted by molar-refractivity contribution is 6.06. The molecule has 1 aliphatic rings. The summed E-state index contributed by atoms with van der Waals surface area (Å²) in [5.74, 6) is -0.344. The minimum Gasteiger partial charge on any atom is -0.333 e. The Hall–Kier alpha value is -3.47. The van der Waals surface area contributed by atoms with Gasteiger partial charge >= 0.3 is 0 Å². The lowest BCUT2D eigenvalue weighted by Gasteiger charge is -2.21. The van der Waals surface area contributed by atoms with Crippen molar-refractivity contribution in [3.8, 4) is 0 Å². The summed E-state index contributed by atoms with van der Waals surface area (Å²) in [5.41, 5.74) is 3.73. The molecular weight excluding hydrogens is 362 g/mol. The quantitative estimate of drug-likeness (QED) is 0.668. The zero-order valence-corrected chi connectivity index (χ0v) is 16.4. The fourth-order valence-corrected chi connectivity index (χ4v) is 3.65. The van der Waals surface area contributed by atoms with Crippen LogP contribution in [0, 0.1) is 0 Å². The summed E-state index contributed by atoms with van der Waals surface area (Å²) in [4.78, 5) is 34.0. The van der Waals surface area contributed by atoms with Gasteiger partial charge in [0.15, 0.2) is 0 Å². The summed E-state index contributed by atoms with van der Waals surface area (Å²) in [6.07, 6.45) is 0.835. The summed E-state index contributed by atoms with van der Waals surface area (Å²) >= 11 is 0. The Morgan fingerprint density at radius 3 is 2.45 bits per heavy atom. The summed E-state index contributed by atoms with van der Waals surface area (Å²) in [6.45, 7) is 3.65. The number of nitrogens with zero attached hydrogens (tertiary/aromatic N) is 3. The van der Waals surface area contributed by atoms with E-state index in [0.717, 1.165) is 23.2 Å². The number of fused-ring (bicyclic) bond motifs is 1. The van der Waals surface area contributed by atoms with E-state index in [0.29, 0.717) is 31.0 Å². The van der Waals surface area contributed by atoms with Gasteiger partial charge < -0.3 is 9.80 Å². The van der Waals surface area contributed by atoms with Crippen LogP contribution in [-0.2, 0) is 13.0 Å². The second-order valence-electron chi connectivity index (χ2n) is 7.05. The number of para-hydroxylation sites is 1. The number of benzene rings is 2. The molecule has 0 spiro atoms. The van der Waals surface area contributed by atoms with Crippen LogP contribution in [0.4, 0.5) is 5.69 Å². The fraction of sp³-hybridized carbons (Fsp3) is 0.208. The molecule has 0 atom stereocenters. The standard InChI is InChI=1S/C24H23N3O2/c1-2-26(17-18-9-4-3-5-10-18)23(28)20-12-8-13-21(25-20)24(29)27-16-15-19-11-6-7-14-22(19)27/h3-14H,2,15-17H2,1H3. The maximum absolute atomic E-state index is 13.1. The Kier molecular flexibility index (Phi) is 5.38. The lowest BCUT2D eigenvalue weighted by atomic mass is 10.2. The molecule has 5 nitrogen and oxygen atoms in total. The molecule has 0 aliphatic carbocycles. The van der Waals surface area contributed by atoms with Gasteiger partial charge in [-0.25, -0.2) is 4.98 Å². The third-order valence-corrected chi connectivity index (χ3v) is 5.20. The topological polar surface area (TPSA) is 53.5 Å². The molecule has 146 valence electrons. The van der Waals surface area contributed by atoms with E-state index in [1.807, 2.05) is 61.5 Å². The van der Waals surface area contributed by atoms with E-state index in [1.165, 1.54) is 0 Å². The molecule has 0 saturated carbocycles. The van der Waals surface area contributed by atoms with Crippen LogP contribution in [-0.4, -0.2) is 34.8 Å². The van der Waals surface area contributed by atoms with E-state index >= 15 is 0 Å². The Balaban J connectivity index is 1.55. The van der Waals surface area contributed by atoms with Gasteiger partial charge in [-0.1, -0.05) is 54.6 Å². The number of hydrogen-bond donors (Lipinski definition) is 0. The molecule has 4 rings (SSSR count). The van der Waals surface area contributed by atoms with Gasteiger partial charge in [0.05, 0.1) is 0 Å². The van der Waals surface area contributed by atoms with Crippen LogP contribution in [0.3, 0.4) is 0 Å². The van der Waals surface area contributed by atoms with E-state index in [9.17, 15) is 9.59 Å². The number of rotatable bonds is 5. The number of aromatic nitrogens is 1. The first-order chi connectivity index (χ1) is 14.2. The zero-order valence-electron chi connectivity index (χ0n) is 16.4. The van der Waals surface area contributed by atoms with Crippen molar-refractivity contribution in [3.05, 3.63) is 95.3 Å². The molecule has 0 radical (unpaired) electrons. The number of hydrogen-bond acceptors (Lipinski definition) is 3. The summed E-state index contributed by atoms with van der Waals surface area (Å²) in [5, 5.41) is 0. The normalized spacial score (nSPS) is 12.5. The second kappa shape index (κ2) is 8.27. The third-order valence-electron chi connectivity index (χ3n) is 5.20. The lowest BCUT2D eigenvalue weighted by molar-refractivity contribution is 0.0746. The van der Waals surface area contributed by atoms with Crippen LogP contribution in [0.25, 0.3) is 0 Å². The van der Waals surface area contributed by atoms with Gasteiger partial charge in [-0.15, -0.1) is 0 Å². The highest BCUT2D eigenvalue weighted by Crippen LogP contribution is 2.28. The predicted octanol–water partition coefficient (Wildman–Crippen LogP) is 3.95. The molecule has 5 heteroatoms. The van der Waals surface area contributed by atoms with E-state index < -0.39 is 0 Å². The zero-order chi connectivity index (χ0) is 20.2. The van der Waals surface area contributed by atoms with Gasteiger partial charge in [-0.05, 0) is 42.7 Å². The van der Waals surface area contributed by atoms with Crippen LogP contribution in [0.15, 0.2) is 72.8 Å². The molecule has 3 aromatic rings. The minimum atomic E-state index is -0.173. The van der Waals surface area contributed by atoms with Crippen molar-refractivity contribution in [1.82, 2.24) is 9.88 Å². The molecular formula is C24H23N3O2. The molecule has 2 aromatic carbocycles. The molecule has 0 fully saturated rings. The number of carbonyl (C=O) groups excluding carboxylic acids is 2. The number of amides is 2. The molecule has 2 heterocycles. The van der Waals surface area contributed by atoms with Crippen molar-refractivity contribution < 1.29 is 9.59 Å². The van der Waals surface area contributed by atoms with Crippen molar-refractivity contribution in [1.29, 1.82) is 0 Å². The van der Waals surface area contributed by atoms with Crippen LogP contribution < -0.4 is 4.90 Å². The van der Waals surface area contributed by atoms with Gasteiger partial charge in [0.2, 0.25) is 0 Å². The number of pyridine rings is 1. The molecule has 1 aromatic heterocycles. The number of anilines is 1. The van der Waals surface area contributed by atoms with Gasteiger partial charge in [0.1, 0.15) is 11.4 Å². The first-order valence-corrected chi connectivity index (χ1v) is 9.87. The van der Waals surface area contributed by atoms with Gasteiger partial charge in [0.25, 0.3) is 11.8 Å². The average Bonchev–Trinajstić information content (AvgIpc) is 3.21. The van der Waals surface area contributed by atoms with E-state index in [1.54, 1.807) is 28.0 Å². The molecule has 29 heavy (non-hydrogen) atoms. The minimum absolute atomic E-state index is 0.171. The van der Waals surface area contributed by atoms with Crippen molar-refractivity contribution in [3.63, 3.8) is 0 Å². The average molecular weight is 385 g/mol. The smallest absolute Gasteiger partial charge is 0.276 e. The SMILES string of the molecule is CCN(Cc1ccccc1)C(=O)c1cccc(C(=O)N2CCc3ccccc32)n1. The van der Waals surface area contributed by atoms with Crippen LogP contribution in [0.5, 0.6) is 0 Å². The van der Waals surface area contributed by atoms with Crippen LogP contribution in [0.2, 0.25) is 0 Å². The third kappa shape index (κ3) is 3.90. The molecule has 0 unspecified atom stereocenters. The van der Waals surface area contributed by atoms with Crippen molar-refractivity contribution in [2.24, 2.45) is 0 Å². The molecule has 2 amide bonds. The van der Waals surface area contributed by atoms with Crippen molar-refractivity contribution >= 4 is 17.5 Å². The van der Waals surface area contributed by atoms with Gasteiger partial charge in [0, 0.05) is 25.3 Å². The Bertz CT molecular complexity index is 1030. The summed E-state index contributed by atoms with van der Waals surface area (Å²) in [6, 6.07) is 22.8. The highest BCUT2D eigenvalue weighted by Gasteiger charge is 2.27. The maximum atomic E-state index is 13.1. The van der Waals surface area contributed by atoms with E-state index in [4.69, 9.17) is 0 Å². The summed E-state index contributed by atoms with van der Waals surface area (Å²) < 4.78 is 0. The predicted molar refractivity (Wildman–Crippen MR) is 113 cm³/mol. The van der Waals surface area contributed by atoms with Crippen molar-refractivity contribution in [2.75, 3.05) is 18.0 Å². The highest BCUT2D eigenvalue weighted by atomic mass is 16.2. The second-order valence-corrected chi connectivity index (χ2v) is 7.05. The van der Waals surface area contributed by atoms with E-state index in [-0.39, 0.29) is 11.8 Å². The molecule has 1 aliphatic heterocycles. The molecule has 0 N–H and O–H groups in total. The van der Waals surface area contributed by atoms with E-state index in [2.05, 4.69) is 4.98 Å². The lowest BCUT2D eigenvalue weighted by Crippen LogP contribution is -2.33. The first kappa shape index (κ1) is 18.9. The van der Waals surface area contributed by atoms with Crippen molar-refractivity contribution in [2.45, 2.75) is 19.9 Å². The molecule has 0 bridgehead atoms. The molecule has 0 saturated heterocycles. The Morgan fingerprint density at radius 1 is 0.931 bits per heavy atom. The summed E-state index contributed by atoms with van der Waals surface area (Å²) in [7, 11) is 0. The largest absolute Gasteiger partial charge is 0.333 e. The van der Waals surface area contributed by atoms with Gasteiger partial charge in [-0.2, -0.15) is 0 Å². The van der Waals surface area contributed by atoms with Crippen LogP contribution in [0.1, 0.15) is 39.0 Å².